The number of methoxy groups -OCH3 is 1. The number of thiophene rings is 1. The molecule has 31 heavy (non-hydrogen) atoms. The van der Waals surface area contributed by atoms with Crippen molar-refractivity contribution in [1.82, 2.24) is 0 Å². The van der Waals surface area contributed by atoms with Crippen molar-refractivity contribution in [1.29, 1.82) is 10.5 Å². The molecule has 0 spiro atoms. The van der Waals surface area contributed by atoms with Crippen molar-refractivity contribution >= 4 is 28.1 Å². The molecule has 0 aliphatic heterocycles. The van der Waals surface area contributed by atoms with Gasteiger partial charge in [-0.2, -0.15) is 10.5 Å². The number of nitrogens with one attached hydrogen (secondary N) is 1. The van der Waals surface area contributed by atoms with Crippen LogP contribution in [0.5, 0.6) is 0 Å². The Hall–Kier alpha value is -3.88. The van der Waals surface area contributed by atoms with Gasteiger partial charge in [0.05, 0.1) is 18.4 Å². The lowest BCUT2D eigenvalue weighted by Crippen LogP contribution is -2.13. The largest absolute Gasteiger partial charge is 0.504 e. The van der Waals surface area contributed by atoms with E-state index in [0.29, 0.717) is 16.1 Å². The van der Waals surface area contributed by atoms with Crippen LogP contribution in [0.2, 0.25) is 0 Å². The predicted molar refractivity (Wildman–Crippen MR) is 115 cm³/mol. The molecular formula is C23H19N3O4S. The highest BCUT2D eigenvalue weighted by atomic mass is 32.1. The topological polar surface area (TPSA) is 123 Å². The van der Waals surface area contributed by atoms with Gasteiger partial charge in [-0.3, -0.25) is 4.79 Å². The quantitative estimate of drug-likeness (QED) is 0.175. The minimum atomic E-state index is -1.04. The molecule has 0 atom stereocenters. The number of hydrogen-bond acceptors (Lipinski definition) is 8. The first-order valence-corrected chi connectivity index (χ1v) is 10.4. The van der Waals surface area contributed by atoms with E-state index in [4.69, 9.17) is 0 Å². The molecule has 0 bridgehead atoms. The number of benzene rings is 1. The first kappa shape index (κ1) is 21.8. The Morgan fingerprint density at radius 2 is 1.90 bits per heavy atom. The SMILES string of the molecule is COC(=O)C(C#N)=C(O)C(=CC(=O)c1ccccc1)Nc1sc2c(c1C#N)CCCC2. The zero-order valence-electron chi connectivity index (χ0n) is 16.8. The van der Waals surface area contributed by atoms with Gasteiger partial charge in [-0.1, -0.05) is 30.3 Å². The first-order valence-electron chi connectivity index (χ1n) is 9.54. The third-order valence-corrected chi connectivity index (χ3v) is 6.07. The number of nitriles is 2. The van der Waals surface area contributed by atoms with Gasteiger partial charge in [0.1, 0.15) is 17.1 Å². The lowest BCUT2D eigenvalue weighted by molar-refractivity contribution is -0.135. The van der Waals surface area contributed by atoms with Gasteiger partial charge in [0.25, 0.3) is 0 Å². The zero-order valence-corrected chi connectivity index (χ0v) is 17.6. The van der Waals surface area contributed by atoms with E-state index < -0.39 is 23.1 Å². The van der Waals surface area contributed by atoms with E-state index in [1.807, 2.05) is 0 Å². The molecule has 156 valence electrons. The van der Waals surface area contributed by atoms with Gasteiger partial charge in [-0.25, -0.2) is 4.79 Å². The molecule has 1 heterocycles. The smallest absolute Gasteiger partial charge is 0.352 e. The van der Waals surface area contributed by atoms with Crippen molar-refractivity contribution in [3.8, 4) is 12.1 Å². The van der Waals surface area contributed by atoms with E-state index in [-0.39, 0.29) is 5.70 Å². The number of carbonyl (C=O) groups is 2. The Balaban J connectivity index is 2.10. The van der Waals surface area contributed by atoms with Gasteiger partial charge in [0.2, 0.25) is 0 Å². The molecule has 0 unspecified atom stereocenters. The number of fused-ring (bicyclic) bond motifs is 1. The lowest BCUT2D eigenvalue weighted by Gasteiger charge is -2.11. The Kier molecular flexibility index (Phi) is 6.86. The Bertz CT molecular complexity index is 1160. The molecule has 3 rings (SSSR count). The number of aliphatic hydroxyl groups excluding tert-OH is 1. The van der Waals surface area contributed by atoms with Crippen LogP contribution in [0.4, 0.5) is 5.00 Å². The van der Waals surface area contributed by atoms with Crippen LogP contribution in [0.1, 0.15) is 39.2 Å². The van der Waals surface area contributed by atoms with Crippen molar-refractivity contribution in [3.05, 3.63) is 75.0 Å². The van der Waals surface area contributed by atoms with Crippen LogP contribution in [0.25, 0.3) is 0 Å². The van der Waals surface area contributed by atoms with Crippen molar-refractivity contribution in [2.45, 2.75) is 25.7 Å². The van der Waals surface area contributed by atoms with Gasteiger partial charge < -0.3 is 15.2 Å². The molecule has 8 heteroatoms. The van der Waals surface area contributed by atoms with Gasteiger partial charge in [-0.05, 0) is 31.2 Å². The molecule has 0 amide bonds. The molecule has 0 radical (unpaired) electrons. The molecule has 1 aromatic heterocycles. The summed E-state index contributed by atoms with van der Waals surface area (Å²) in [6.45, 7) is 0. The fourth-order valence-electron chi connectivity index (χ4n) is 3.31. The summed E-state index contributed by atoms with van der Waals surface area (Å²) in [7, 11) is 1.08. The number of nitrogens with zero attached hydrogens (tertiary/aromatic N) is 2. The van der Waals surface area contributed by atoms with Crippen molar-refractivity contribution in [2.75, 3.05) is 12.4 Å². The third kappa shape index (κ3) is 4.66. The number of aryl methyl sites for hydroxylation is 1. The second-order valence-corrected chi connectivity index (χ2v) is 7.87. The van der Waals surface area contributed by atoms with Crippen LogP contribution in [-0.2, 0) is 22.4 Å². The zero-order chi connectivity index (χ0) is 22.4. The van der Waals surface area contributed by atoms with E-state index in [2.05, 4.69) is 16.1 Å². The van der Waals surface area contributed by atoms with Crippen LogP contribution in [0.3, 0.4) is 0 Å². The number of hydrogen-bond donors (Lipinski definition) is 2. The summed E-state index contributed by atoms with van der Waals surface area (Å²) >= 11 is 1.37. The molecule has 0 fully saturated rings. The van der Waals surface area contributed by atoms with Crippen LogP contribution >= 0.6 is 11.3 Å². The van der Waals surface area contributed by atoms with Gasteiger partial charge in [-0.15, -0.1) is 11.3 Å². The maximum Gasteiger partial charge on any atom is 0.352 e. The molecule has 0 saturated heterocycles. The summed E-state index contributed by atoms with van der Waals surface area (Å²) in [5.41, 5.74) is 0.957. The van der Waals surface area contributed by atoms with Gasteiger partial charge in [0, 0.05) is 16.5 Å². The number of aliphatic hydroxyl groups is 1. The maximum atomic E-state index is 12.7. The molecule has 1 aliphatic rings. The number of rotatable bonds is 6. The molecule has 2 N–H and O–H groups in total. The van der Waals surface area contributed by atoms with Crippen molar-refractivity contribution in [2.24, 2.45) is 0 Å². The summed E-state index contributed by atoms with van der Waals surface area (Å²) in [6, 6.07) is 12.2. The summed E-state index contributed by atoms with van der Waals surface area (Å²) in [5.74, 6) is -2.21. The van der Waals surface area contributed by atoms with Crippen molar-refractivity contribution in [3.63, 3.8) is 0 Å². The fourth-order valence-corrected chi connectivity index (χ4v) is 4.56. The molecule has 7 nitrogen and oxygen atoms in total. The number of ketones is 1. The Morgan fingerprint density at radius 1 is 1.19 bits per heavy atom. The third-order valence-electron chi connectivity index (χ3n) is 4.86. The molecule has 0 saturated carbocycles. The van der Waals surface area contributed by atoms with Crippen LogP contribution in [-0.4, -0.2) is 24.0 Å². The minimum Gasteiger partial charge on any atom is -0.504 e. The minimum absolute atomic E-state index is 0.161. The highest BCUT2D eigenvalue weighted by molar-refractivity contribution is 7.16. The fraction of sp³-hybridized carbons (Fsp3) is 0.217. The van der Waals surface area contributed by atoms with E-state index in [9.17, 15) is 25.2 Å². The molecular weight excluding hydrogens is 414 g/mol. The summed E-state index contributed by atoms with van der Waals surface area (Å²) in [4.78, 5) is 25.7. The number of carbonyl (C=O) groups excluding carboxylic acids is 2. The second-order valence-electron chi connectivity index (χ2n) is 6.77. The monoisotopic (exact) mass is 433 g/mol. The number of allylic oxidation sites excluding steroid dienone is 1. The van der Waals surface area contributed by atoms with Gasteiger partial charge in [0.15, 0.2) is 17.1 Å². The van der Waals surface area contributed by atoms with Crippen LogP contribution in [0, 0.1) is 22.7 Å². The highest BCUT2D eigenvalue weighted by Crippen LogP contribution is 2.38. The predicted octanol–water partition coefficient (Wildman–Crippen LogP) is 4.19. The molecule has 1 aliphatic carbocycles. The summed E-state index contributed by atoms with van der Waals surface area (Å²) in [5, 5.41) is 33.1. The lowest BCUT2D eigenvalue weighted by atomic mass is 9.96. The van der Waals surface area contributed by atoms with Gasteiger partial charge >= 0.3 is 5.97 Å². The van der Waals surface area contributed by atoms with Crippen molar-refractivity contribution < 1.29 is 19.4 Å². The van der Waals surface area contributed by atoms with E-state index in [1.54, 1.807) is 36.4 Å². The summed E-state index contributed by atoms with van der Waals surface area (Å²) < 4.78 is 4.56. The number of anilines is 1. The standard InChI is InChI=1S/C23H19N3O4S/c1-30-23(29)17(13-25)21(28)18(11-19(27)14-7-3-2-4-8-14)26-22-16(12-24)15-9-5-6-10-20(15)31-22/h2-4,7-8,11,26,28H,5-6,9-10H2,1H3. The average Bonchev–Trinajstić information content (AvgIpc) is 3.16. The van der Waals surface area contributed by atoms with Crippen LogP contribution in [0.15, 0.2) is 53.4 Å². The Morgan fingerprint density at radius 3 is 2.55 bits per heavy atom. The Labute approximate surface area is 183 Å². The number of ether oxygens (including phenoxy) is 1. The van der Waals surface area contributed by atoms with E-state index in [0.717, 1.165) is 49.3 Å². The van der Waals surface area contributed by atoms with E-state index in [1.165, 1.54) is 11.3 Å². The van der Waals surface area contributed by atoms with Crippen LogP contribution < -0.4 is 5.32 Å². The second kappa shape index (κ2) is 9.75. The average molecular weight is 433 g/mol. The van der Waals surface area contributed by atoms with E-state index >= 15 is 0 Å². The first-order chi connectivity index (χ1) is 15.0. The number of esters is 1. The molecule has 2 aromatic rings. The normalized spacial score (nSPS) is 13.8. The highest BCUT2D eigenvalue weighted by Gasteiger charge is 2.24. The molecule has 1 aromatic carbocycles. The maximum absolute atomic E-state index is 12.7. The summed E-state index contributed by atoms with van der Waals surface area (Å²) in [6.07, 6.45) is 4.75.